The van der Waals surface area contributed by atoms with Crippen molar-refractivity contribution in [1.82, 2.24) is 4.98 Å². The van der Waals surface area contributed by atoms with Gasteiger partial charge in [-0.3, -0.25) is 0 Å². The van der Waals surface area contributed by atoms with Crippen LogP contribution in [0.1, 0.15) is 18.9 Å². The van der Waals surface area contributed by atoms with E-state index >= 15 is 0 Å². The van der Waals surface area contributed by atoms with Crippen molar-refractivity contribution in [3.8, 4) is 0 Å². The second-order valence-electron chi connectivity index (χ2n) is 2.53. The van der Waals surface area contributed by atoms with Gasteiger partial charge in [0.05, 0.1) is 0 Å². The second kappa shape index (κ2) is 3.23. The maximum Gasteiger partial charge on any atom is 0.128 e. The van der Waals surface area contributed by atoms with Gasteiger partial charge in [0.2, 0.25) is 0 Å². The molecule has 0 aliphatic rings. The zero-order valence-electron chi connectivity index (χ0n) is 6.67. The minimum Gasteiger partial charge on any atom is -0.384 e. The molecule has 0 bridgehead atoms. The van der Waals surface area contributed by atoms with Crippen molar-refractivity contribution in [3.05, 3.63) is 17.7 Å². The standard InChI is InChI=1S/C8H13N3/c1-2-3-6-4-5-7(9)11-8(6)10/h4-5H,2-3H2,1H3,(H4,9,10,11). The molecule has 4 N–H and O–H groups in total. The third kappa shape index (κ3) is 1.83. The first kappa shape index (κ1) is 7.85. The smallest absolute Gasteiger partial charge is 0.128 e. The van der Waals surface area contributed by atoms with Crippen molar-refractivity contribution in [2.75, 3.05) is 11.5 Å². The summed E-state index contributed by atoms with van der Waals surface area (Å²) in [5.41, 5.74) is 12.1. The third-order valence-electron chi connectivity index (χ3n) is 1.55. The summed E-state index contributed by atoms with van der Waals surface area (Å²) in [6, 6.07) is 3.71. The topological polar surface area (TPSA) is 64.9 Å². The molecule has 3 heteroatoms. The molecular formula is C8H13N3. The predicted molar refractivity (Wildman–Crippen MR) is 47.1 cm³/mol. The molecule has 0 amide bonds. The van der Waals surface area contributed by atoms with Crippen LogP contribution in [0.15, 0.2) is 12.1 Å². The van der Waals surface area contributed by atoms with E-state index in [1.807, 2.05) is 6.07 Å². The summed E-state index contributed by atoms with van der Waals surface area (Å²) in [5.74, 6) is 1.05. The van der Waals surface area contributed by atoms with Crippen LogP contribution >= 0.6 is 0 Å². The monoisotopic (exact) mass is 151 g/mol. The van der Waals surface area contributed by atoms with Gasteiger partial charge in [0.25, 0.3) is 0 Å². The normalized spacial score (nSPS) is 9.91. The Kier molecular flexibility index (Phi) is 2.31. The maximum atomic E-state index is 5.62. The number of aromatic nitrogens is 1. The molecule has 0 atom stereocenters. The van der Waals surface area contributed by atoms with Crippen LogP contribution in [0.5, 0.6) is 0 Å². The van der Waals surface area contributed by atoms with Crippen molar-refractivity contribution in [1.29, 1.82) is 0 Å². The fourth-order valence-electron chi connectivity index (χ4n) is 1.00. The molecule has 3 nitrogen and oxygen atoms in total. The lowest BCUT2D eigenvalue weighted by Crippen LogP contribution is -2.00. The van der Waals surface area contributed by atoms with Gasteiger partial charge in [-0.25, -0.2) is 4.98 Å². The van der Waals surface area contributed by atoms with Crippen molar-refractivity contribution >= 4 is 11.6 Å². The summed E-state index contributed by atoms with van der Waals surface area (Å²) < 4.78 is 0. The molecule has 60 valence electrons. The lowest BCUT2D eigenvalue weighted by Gasteiger charge is -2.02. The first-order valence-electron chi connectivity index (χ1n) is 3.75. The van der Waals surface area contributed by atoms with Crippen molar-refractivity contribution < 1.29 is 0 Å². The highest BCUT2D eigenvalue weighted by atomic mass is 14.9. The number of pyridine rings is 1. The number of nitrogen functional groups attached to an aromatic ring is 2. The lowest BCUT2D eigenvalue weighted by atomic mass is 10.1. The molecule has 0 aromatic carbocycles. The van der Waals surface area contributed by atoms with Crippen LogP contribution in [0.3, 0.4) is 0 Å². The molecule has 1 heterocycles. The molecule has 0 aliphatic carbocycles. The SMILES string of the molecule is CCCc1ccc(N)nc1N. The number of hydrogen-bond acceptors (Lipinski definition) is 3. The summed E-state index contributed by atoms with van der Waals surface area (Å²) in [6.07, 6.45) is 2.05. The Morgan fingerprint density at radius 3 is 2.64 bits per heavy atom. The predicted octanol–water partition coefficient (Wildman–Crippen LogP) is 1.20. The van der Waals surface area contributed by atoms with Gasteiger partial charge in [0.15, 0.2) is 0 Å². The Morgan fingerprint density at radius 1 is 1.36 bits per heavy atom. The summed E-state index contributed by atoms with van der Waals surface area (Å²) in [4.78, 5) is 3.95. The van der Waals surface area contributed by atoms with Crippen LogP contribution in [-0.2, 0) is 6.42 Å². The number of aryl methyl sites for hydroxylation is 1. The summed E-state index contributed by atoms with van der Waals surface area (Å²) >= 11 is 0. The first-order valence-corrected chi connectivity index (χ1v) is 3.75. The number of anilines is 2. The average Bonchev–Trinajstić information content (AvgIpc) is 1.95. The van der Waals surface area contributed by atoms with Crippen LogP contribution in [-0.4, -0.2) is 4.98 Å². The van der Waals surface area contributed by atoms with Crippen LogP contribution < -0.4 is 11.5 Å². The van der Waals surface area contributed by atoms with E-state index in [1.165, 1.54) is 0 Å². The van der Waals surface area contributed by atoms with E-state index in [4.69, 9.17) is 11.5 Å². The zero-order valence-corrected chi connectivity index (χ0v) is 6.67. The van der Waals surface area contributed by atoms with E-state index in [2.05, 4.69) is 11.9 Å². The van der Waals surface area contributed by atoms with Gasteiger partial charge in [0, 0.05) is 0 Å². The lowest BCUT2D eigenvalue weighted by molar-refractivity contribution is 0.918. The minimum atomic E-state index is 0.488. The molecule has 0 fully saturated rings. The van der Waals surface area contributed by atoms with Gasteiger partial charge in [-0.05, 0) is 18.1 Å². The highest BCUT2D eigenvalue weighted by molar-refractivity contribution is 5.46. The average molecular weight is 151 g/mol. The van der Waals surface area contributed by atoms with Crippen LogP contribution in [0.25, 0.3) is 0 Å². The van der Waals surface area contributed by atoms with Gasteiger partial charge in [-0.15, -0.1) is 0 Å². The molecule has 1 aromatic rings. The molecule has 0 unspecified atom stereocenters. The van der Waals surface area contributed by atoms with Crippen LogP contribution in [0.2, 0.25) is 0 Å². The van der Waals surface area contributed by atoms with E-state index in [0.717, 1.165) is 18.4 Å². The van der Waals surface area contributed by atoms with Gasteiger partial charge in [0.1, 0.15) is 11.6 Å². The Labute approximate surface area is 66.4 Å². The molecule has 1 rings (SSSR count). The largest absolute Gasteiger partial charge is 0.384 e. The van der Waals surface area contributed by atoms with Gasteiger partial charge in [-0.2, -0.15) is 0 Å². The third-order valence-corrected chi connectivity index (χ3v) is 1.55. The molecular weight excluding hydrogens is 138 g/mol. The molecule has 11 heavy (non-hydrogen) atoms. The van der Waals surface area contributed by atoms with Gasteiger partial charge >= 0.3 is 0 Å². The van der Waals surface area contributed by atoms with Crippen molar-refractivity contribution in [2.45, 2.75) is 19.8 Å². The number of nitrogens with zero attached hydrogens (tertiary/aromatic N) is 1. The highest BCUT2D eigenvalue weighted by Gasteiger charge is 1.98. The first-order chi connectivity index (χ1) is 5.24. The summed E-state index contributed by atoms with van der Waals surface area (Å²) in [6.45, 7) is 2.11. The van der Waals surface area contributed by atoms with Crippen LogP contribution in [0, 0.1) is 0 Å². The quantitative estimate of drug-likeness (QED) is 0.667. The molecule has 0 aliphatic heterocycles. The number of rotatable bonds is 2. The Bertz CT molecular complexity index is 245. The van der Waals surface area contributed by atoms with Gasteiger partial charge < -0.3 is 11.5 Å². The minimum absolute atomic E-state index is 0.488. The van der Waals surface area contributed by atoms with E-state index in [0.29, 0.717) is 11.6 Å². The molecule has 0 saturated heterocycles. The molecule has 1 aromatic heterocycles. The number of nitrogens with two attached hydrogens (primary N) is 2. The van der Waals surface area contributed by atoms with E-state index in [-0.39, 0.29) is 0 Å². The zero-order chi connectivity index (χ0) is 8.27. The Morgan fingerprint density at radius 2 is 2.09 bits per heavy atom. The summed E-state index contributed by atoms with van der Waals surface area (Å²) in [5, 5.41) is 0. The fourth-order valence-corrected chi connectivity index (χ4v) is 1.00. The van der Waals surface area contributed by atoms with Crippen LogP contribution in [0.4, 0.5) is 11.6 Å². The molecule has 0 spiro atoms. The van der Waals surface area contributed by atoms with Crippen molar-refractivity contribution in [2.24, 2.45) is 0 Å². The maximum absolute atomic E-state index is 5.62. The summed E-state index contributed by atoms with van der Waals surface area (Å²) in [7, 11) is 0. The highest BCUT2D eigenvalue weighted by Crippen LogP contribution is 2.12. The Hall–Kier alpha value is -1.25. The van der Waals surface area contributed by atoms with Crippen molar-refractivity contribution in [3.63, 3.8) is 0 Å². The van der Waals surface area contributed by atoms with E-state index in [9.17, 15) is 0 Å². The molecule has 0 saturated carbocycles. The second-order valence-corrected chi connectivity index (χ2v) is 2.53. The van der Waals surface area contributed by atoms with E-state index in [1.54, 1.807) is 6.07 Å². The Balaban J connectivity index is 2.90. The van der Waals surface area contributed by atoms with Gasteiger partial charge in [-0.1, -0.05) is 19.4 Å². The van der Waals surface area contributed by atoms with E-state index < -0.39 is 0 Å². The molecule has 0 radical (unpaired) electrons. The fraction of sp³-hybridized carbons (Fsp3) is 0.375. The number of hydrogen-bond donors (Lipinski definition) is 2.